The van der Waals surface area contributed by atoms with E-state index in [1.165, 1.54) is 0 Å². The quantitative estimate of drug-likeness (QED) is 0.742. The van der Waals surface area contributed by atoms with E-state index in [0.717, 1.165) is 22.2 Å². The Bertz CT molecular complexity index is 969. The van der Waals surface area contributed by atoms with Crippen LogP contribution in [0.2, 0.25) is 5.02 Å². The number of aliphatic hydroxyl groups excluding tert-OH is 2. The summed E-state index contributed by atoms with van der Waals surface area (Å²) in [4.78, 5) is 14.8. The number of aliphatic hydroxyl groups is 2. The van der Waals surface area contributed by atoms with Crippen LogP contribution < -0.4 is 4.90 Å². The second kappa shape index (κ2) is 6.76. The standard InChI is InChI=1S/C20H19ClN2O3/c21-15-5-6-18-14(9-15)7-8-22(18)19-10-13-3-1-2-4-17(13)23(20(19)26)11-16(25)12-24/h1-9,16,19,24-25H,10-12H2/t16-,19?/m1/s1. The van der Waals surface area contributed by atoms with Crippen molar-refractivity contribution in [2.24, 2.45) is 0 Å². The molecule has 2 atom stereocenters. The average molecular weight is 371 g/mol. The molecule has 0 spiro atoms. The second-order valence-electron chi connectivity index (χ2n) is 6.56. The molecule has 2 heterocycles. The van der Waals surface area contributed by atoms with Crippen LogP contribution in [0.15, 0.2) is 54.7 Å². The summed E-state index contributed by atoms with van der Waals surface area (Å²) in [5, 5.41) is 20.8. The number of hydrogen-bond donors (Lipinski definition) is 2. The summed E-state index contributed by atoms with van der Waals surface area (Å²) in [5.41, 5.74) is 2.77. The molecule has 0 saturated carbocycles. The Labute approximate surface area is 156 Å². The fourth-order valence-electron chi connectivity index (χ4n) is 3.62. The van der Waals surface area contributed by atoms with Crippen molar-refractivity contribution in [1.29, 1.82) is 0 Å². The number of rotatable bonds is 4. The molecule has 4 rings (SSSR count). The zero-order valence-corrected chi connectivity index (χ0v) is 14.8. The van der Waals surface area contributed by atoms with Gasteiger partial charge in [-0.05, 0) is 35.9 Å². The van der Waals surface area contributed by atoms with Crippen molar-refractivity contribution in [3.8, 4) is 0 Å². The molecule has 26 heavy (non-hydrogen) atoms. The number of carbonyl (C=O) groups excluding carboxylic acids is 1. The number of benzene rings is 2. The van der Waals surface area contributed by atoms with Gasteiger partial charge in [-0.25, -0.2) is 0 Å². The smallest absolute Gasteiger partial charge is 0.250 e. The molecular formula is C20H19ClN2O3. The van der Waals surface area contributed by atoms with Crippen molar-refractivity contribution in [3.63, 3.8) is 0 Å². The fourth-order valence-corrected chi connectivity index (χ4v) is 3.80. The maximum absolute atomic E-state index is 13.2. The van der Waals surface area contributed by atoms with Crippen molar-refractivity contribution >= 4 is 34.1 Å². The summed E-state index contributed by atoms with van der Waals surface area (Å²) in [6.45, 7) is -0.324. The van der Waals surface area contributed by atoms with Crippen LogP contribution in [0.25, 0.3) is 10.9 Å². The number of fused-ring (bicyclic) bond motifs is 2. The van der Waals surface area contributed by atoms with Crippen LogP contribution in [0.1, 0.15) is 11.6 Å². The highest BCUT2D eigenvalue weighted by atomic mass is 35.5. The highest BCUT2D eigenvalue weighted by Crippen LogP contribution is 2.35. The molecule has 1 amide bonds. The van der Waals surface area contributed by atoms with Crippen LogP contribution in [0.3, 0.4) is 0 Å². The lowest BCUT2D eigenvalue weighted by Gasteiger charge is -2.36. The van der Waals surface area contributed by atoms with Crippen molar-refractivity contribution in [3.05, 3.63) is 65.3 Å². The molecule has 0 bridgehead atoms. The molecule has 2 aromatic carbocycles. The van der Waals surface area contributed by atoms with Crippen LogP contribution in [0.4, 0.5) is 5.69 Å². The van der Waals surface area contributed by atoms with Gasteiger partial charge in [-0.3, -0.25) is 4.79 Å². The lowest BCUT2D eigenvalue weighted by Crippen LogP contribution is -2.46. The lowest BCUT2D eigenvalue weighted by atomic mass is 9.96. The van der Waals surface area contributed by atoms with Gasteiger partial charge in [0, 0.05) is 34.2 Å². The molecule has 1 aliphatic rings. The highest BCUT2D eigenvalue weighted by molar-refractivity contribution is 6.31. The zero-order chi connectivity index (χ0) is 18.3. The number of aromatic nitrogens is 1. The molecule has 3 aromatic rings. The van der Waals surface area contributed by atoms with Crippen molar-refractivity contribution in [2.45, 2.75) is 18.6 Å². The predicted molar refractivity (Wildman–Crippen MR) is 102 cm³/mol. The lowest BCUT2D eigenvalue weighted by molar-refractivity contribution is -0.122. The highest BCUT2D eigenvalue weighted by Gasteiger charge is 2.35. The molecule has 0 saturated heterocycles. The number of para-hydroxylation sites is 1. The minimum atomic E-state index is -0.981. The molecule has 0 aliphatic carbocycles. The predicted octanol–water partition coefficient (Wildman–Crippen LogP) is 2.78. The first-order valence-electron chi connectivity index (χ1n) is 8.53. The van der Waals surface area contributed by atoms with Crippen LogP contribution >= 0.6 is 11.6 Å². The van der Waals surface area contributed by atoms with E-state index < -0.39 is 12.1 Å². The summed E-state index contributed by atoms with van der Waals surface area (Å²) in [6, 6.07) is 14.8. The first-order chi connectivity index (χ1) is 12.6. The number of amides is 1. The summed E-state index contributed by atoms with van der Waals surface area (Å²) < 4.78 is 1.96. The van der Waals surface area contributed by atoms with E-state index in [1.54, 1.807) is 4.90 Å². The van der Waals surface area contributed by atoms with Gasteiger partial charge in [0.25, 0.3) is 0 Å². The van der Waals surface area contributed by atoms with Gasteiger partial charge >= 0.3 is 0 Å². The van der Waals surface area contributed by atoms with E-state index in [9.17, 15) is 15.0 Å². The van der Waals surface area contributed by atoms with Gasteiger partial charge in [0.05, 0.1) is 19.3 Å². The maximum Gasteiger partial charge on any atom is 0.250 e. The summed E-state index contributed by atoms with van der Waals surface area (Å²) in [6.07, 6.45) is 1.50. The molecule has 5 nitrogen and oxygen atoms in total. The Kier molecular flexibility index (Phi) is 4.44. The third kappa shape index (κ3) is 2.88. The van der Waals surface area contributed by atoms with Crippen molar-refractivity contribution in [2.75, 3.05) is 18.1 Å². The molecule has 134 valence electrons. The Morgan fingerprint density at radius 1 is 1.19 bits per heavy atom. The van der Waals surface area contributed by atoms with E-state index in [1.807, 2.05) is 59.3 Å². The second-order valence-corrected chi connectivity index (χ2v) is 7.00. The number of halogens is 1. The number of nitrogens with zero attached hydrogens (tertiary/aromatic N) is 2. The van der Waals surface area contributed by atoms with E-state index in [2.05, 4.69) is 0 Å². The normalized spacial score (nSPS) is 18.2. The topological polar surface area (TPSA) is 65.7 Å². The van der Waals surface area contributed by atoms with Gasteiger partial charge < -0.3 is 19.7 Å². The number of hydrogen-bond acceptors (Lipinski definition) is 3. The molecule has 0 fully saturated rings. The third-order valence-corrected chi connectivity index (χ3v) is 5.10. The summed E-state index contributed by atoms with van der Waals surface area (Å²) in [5.74, 6) is -0.0938. The third-order valence-electron chi connectivity index (χ3n) is 4.87. The van der Waals surface area contributed by atoms with Crippen molar-refractivity contribution in [1.82, 2.24) is 4.57 Å². The first kappa shape index (κ1) is 17.1. The van der Waals surface area contributed by atoms with Gasteiger partial charge in [-0.1, -0.05) is 29.8 Å². The molecule has 1 aromatic heterocycles. The van der Waals surface area contributed by atoms with Crippen LogP contribution in [-0.4, -0.2) is 39.9 Å². The van der Waals surface area contributed by atoms with Crippen molar-refractivity contribution < 1.29 is 15.0 Å². The maximum atomic E-state index is 13.2. The van der Waals surface area contributed by atoms with Gasteiger partial charge in [-0.2, -0.15) is 0 Å². The monoisotopic (exact) mass is 370 g/mol. The van der Waals surface area contributed by atoms with Crippen LogP contribution in [-0.2, 0) is 11.2 Å². The largest absolute Gasteiger partial charge is 0.394 e. The van der Waals surface area contributed by atoms with Gasteiger partial charge in [0.1, 0.15) is 6.04 Å². The van der Waals surface area contributed by atoms with E-state index in [-0.39, 0.29) is 19.1 Å². The molecular weight excluding hydrogens is 352 g/mol. The summed E-state index contributed by atoms with van der Waals surface area (Å²) >= 11 is 6.07. The number of carbonyl (C=O) groups is 1. The van der Waals surface area contributed by atoms with Crippen LogP contribution in [0, 0.1) is 0 Å². The Balaban J connectivity index is 1.78. The van der Waals surface area contributed by atoms with E-state index in [0.29, 0.717) is 11.4 Å². The van der Waals surface area contributed by atoms with Gasteiger partial charge in [0.15, 0.2) is 0 Å². The minimum absolute atomic E-state index is 0.0634. The average Bonchev–Trinajstić information content (AvgIpc) is 3.06. The zero-order valence-electron chi connectivity index (χ0n) is 14.0. The minimum Gasteiger partial charge on any atom is -0.394 e. The van der Waals surface area contributed by atoms with Crippen LogP contribution in [0.5, 0.6) is 0 Å². The number of β-amino-alcohol motifs (C(OH)–C–C–N with tert-alkyl or cyclic N) is 1. The molecule has 2 N–H and O–H groups in total. The fraction of sp³-hybridized carbons (Fsp3) is 0.250. The summed E-state index contributed by atoms with van der Waals surface area (Å²) in [7, 11) is 0. The van der Waals surface area contributed by atoms with Gasteiger partial charge in [-0.15, -0.1) is 0 Å². The Hall–Kier alpha value is -2.34. The molecule has 6 heteroatoms. The number of anilines is 1. The molecule has 0 radical (unpaired) electrons. The Morgan fingerprint density at radius 2 is 2.00 bits per heavy atom. The molecule has 1 unspecified atom stereocenters. The molecule has 1 aliphatic heterocycles. The Morgan fingerprint density at radius 3 is 2.81 bits per heavy atom. The van der Waals surface area contributed by atoms with E-state index in [4.69, 9.17) is 11.6 Å². The van der Waals surface area contributed by atoms with Gasteiger partial charge in [0.2, 0.25) is 5.91 Å². The SMILES string of the molecule is O=C1C(n2ccc3cc(Cl)ccc32)Cc2ccccc2N1C[C@@H](O)CO. The first-order valence-corrected chi connectivity index (χ1v) is 8.90. The van der Waals surface area contributed by atoms with E-state index >= 15 is 0 Å².